The molecule has 0 fully saturated rings. The van der Waals surface area contributed by atoms with E-state index in [4.69, 9.17) is 14.6 Å². The molecule has 18 heavy (non-hydrogen) atoms. The van der Waals surface area contributed by atoms with Crippen LogP contribution in [0.15, 0.2) is 23.1 Å². The molecule has 1 aromatic rings. The highest BCUT2D eigenvalue weighted by Gasteiger charge is 2.11. The Hall–Kier alpha value is -1.15. The topological polar surface area (TPSA) is 90.6 Å². The summed E-state index contributed by atoms with van der Waals surface area (Å²) in [6.45, 7) is 2.27. The SMILES string of the molecule is COC(CNc1cc(S(N)(=O)=O)ccc1C)OC. The Balaban J connectivity index is 2.88. The van der Waals surface area contributed by atoms with Gasteiger partial charge in [-0.3, -0.25) is 0 Å². The zero-order valence-corrected chi connectivity index (χ0v) is 11.5. The van der Waals surface area contributed by atoms with E-state index in [2.05, 4.69) is 5.32 Å². The maximum absolute atomic E-state index is 11.2. The van der Waals surface area contributed by atoms with E-state index in [1.165, 1.54) is 26.4 Å². The average Bonchev–Trinajstić information content (AvgIpc) is 2.31. The van der Waals surface area contributed by atoms with Crippen molar-refractivity contribution in [3.63, 3.8) is 0 Å². The van der Waals surface area contributed by atoms with E-state index in [9.17, 15) is 8.42 Å². The van der Waals surface area contributed by atoms with Crippen LogP contribution in [0.2, 0.25) is 0 Å². The van der Waals surface area contributed by atoms with Gasteiger partial charge >= 0.3 is 0 Å². The summed E-state index contributed by atoms with van der Waals surface area (Å²) in [5, 5.41) is 8.14. The summed E-state index contributed by atoms with van der Waals surface area (Å²) in [5.41, 5.74) is 1.59. The zero-order chi connectivity index (χ0) is 13.8. The second-order valence-electron chi connectivity index (χ2n) is 3.80. The number of aryl methyl sites for hydroxylation is 1. The molecular formula is C11H18N2O4S. The van der Waals surface area contributed by atoms with Gasteiger partial charge in [0, 0.05) is 19.9 Å². The van der Waals surface area contributed by atoms with Crippen LogP contribution in [0.5, 0.6) is 0 Å². The first-order chi connectivity index (χ1) is 8.38. The highest BCUT2D eigenvalue weighted by molar-refractivity contribution is 7.89. The third-order valence-electron chi connectivity index (χ3n) is 2.52. The largest absolute Gasteiger partial charge is 0.380 e. The molecular weight excluding hydrogens is 256 g/mol. The van der Waals surface area contributed by atoms with Crippen molar-refractivity contribution in [3.05, 3.63) is 23.8 Å². The molecule has 0 heterocycles. The van der Waals surface area contributed by atoms with E-state index in [0.29, 0.717) is 12.2 Å². The lowest BCUT2D eigenvalue weighted by atomic mass is 10.2. The van der Waals surface area contributed by atoms with E-state index in [-0.39, 0.29) is 4.90 Å². The van der Waals surface area contributed by atoms with Crippen LogP contribution in [-0.2, 0) is 19.5 Å². The van der Waals surface area contributed by atoms with Gasteiger partial charge in [-0.25, -0.2) is 13.6 Å². The lowest BCUT2D eigenvalue weighted by molar-refractivity contribution is -0.0914. The van der Waals surface area contributed by atoms with Crippen LogP contribution in [0.4, 0.5) is 5.69 Å². The van der Waals surface area contributed by atoms with E-state index in [1.54, 1.807) is 6.07 Å². The lowest BCUT2D eigenvalue weighted by Gasteiger charge is -2.16. The predicted octanol–water partition coefficient (Wildman–Crippen LogP) is 0.673. The number of anilines is 1. The van der Waals surface area contributed by atoms with Crippen molar-refractivity contribution in [2.24, 2.45) is 5.14 Å². The van der Waals surface area contributed by atoms with Crippen molar-refractivity contribution in [2.75, 3.05) is 26.1 Å². The highest BCUT2D eigenvalue weighted by Crippen LogP contribution is 2.19. The molecule has 0 unspecified atom stereocenters. The number of hydrogen-bond acceptors (Lipinski definition) is 5. The van der Waals surface area contributed by atoms with Gasteiger partial charge in [0.1, 0.15) is 0 Å². The lowest BCUT2D eigenvalue weighted by Crippen LogP contribution is -2.24. The first-order valence-corrected chi connectivity index (χ1v) is 6.86. The van der Waals surface area contributed by atoms with Crippen LogP contribution in [0.1, 0.15) is 5.56 Å². The van der Waals surface area contributed by atoms with E-state index >= 15 is 0 Å². The van der Waals surface area contributed by atoms with E-state index < -0.39 is 16.3 Å². The van der Waals surface area contributed by atoms with Gasteiger partial charge < -0.3 is 14.8 Å². The second kappa shape index (κ2) is 6.14. The molecule has 0 aromatic heterocycles. The van der Waals surface area contributed by atoms with E-state index in [1.807, 2.05) is 6.92 Å². The summed E-state index contributed by atoms with van der Waals surface area (Å²) >= 11 is 0. The Morgan fingerprint density at radius 3 is 2.44 bits per heavy atom. The standard InChI is InChI=1S/C11H18N2O4S/c1-8-4-5-9(18(12,14)15)6-10(8)13-7-11(16-2)17-3/h4-6,11,13H,7H2,1-3H3,(H2,12,14,15). The first-order valence-electron chi connectivity index (χ1n) is 5.31. The summed E-state index contributed by atoms with van der Waals surface area (Å²) in [5.74, 6) is 0. The summed E-state index contributed by atoms with van der Waals surface area (Å²) in [4.78, 5) is 0.0713. The second-order valence-corrected chi connectivity index (χ2v) is 5.37. The zero-order valence-electron chi connectivity index (χ0n) is 10.6. The van der Waals surface area contributed by atoms with Crippen molar-refractivity contribution in [2.45, 2.75) is 18.1 Å². The highest BCUT2D eigenvalue weighted by atomic mass is 32.2. The van der Waals surface area contributed by atoms with Crippen molar-refractivity contribution >= 4 is 15.7 Å². The Bertz CT molecular complexity index is 498. The molecule has 0 aliphatic heterocycles. The Labute approximate surface area is 107 Å². The normalized spacial score (nSPS) is 11.8. The minimum Gasteiger partial charge on any atom is -0.380 e. The number of ether oxygens (including phenoxy) is 2. The predicted molar refractivity (Wildman–Crippen MR) is 68.8 cm³/mol. The van der Waals surface area contributed by atoms with E-state index in [0.717, 1.165) is 5.56 Å². The van der Waals surface area contributed by atoms with Gasteiger partial charge in [0.25, 0.3) is 0 Å². The molecule has 0 atom stereocenters. The summed E-state index contributed by atoms with van der Waals surface area (Å²) < 4.78 is 32.6. The minimum absolute atomic E-state index is 0.0713. The number of benzene rings is 1. The van der Waals surface area contributed by atoms with Gasteiger partial charge in [-0.15, -0.1) is 0 Å². The molecule has 102 valence electrons. The molecule has 0 aliphatic rings. The summed E-state index contributed by atoms with van der Waals surface area (Å²) in [6, 6.07) is 4.66. The van der Waals surface area contributed by atoms with Gasteiger partial charge in [0.15, 0.2) is 6.29 Å². The number of nitrogens with two attached hydrogens (primary N) is 1. The fourth-order valence-corrected chi connectivity index (χ4v) is 1.96. The summed E-state index contributed by atoms with van der Waals surface area (Å²) in [6.07, 6.45) is -0.400. The average molecular weight is 274 g/mol. The fourth-order valence-electron chi connectivity index (χ4n) is 1.42. The van der Waals surface area contributed by atoms with Crippen molar-refractivity contribution < 1.29 is 17.9 Å². The van der Waals surface area contributed by atoms with Crippen LogP contribution in [-0.4, -0.2) is 35.5 Å². The van der Waals surface area contributed by atoms with Crippen LogP contribution < -0.4 is 10.5 Å². The third-order valence-corrected chi connectivity index (χ3v) is 3.43. The molecule has 6 nitrogen and oxygen atoms in total. The molecule has 7 heteroatoms. The van der Waals surface area contributed by atoms with Gasteiger partial charge in [0.05, 0.1) is 11.4 Å². The van der Waals surface area contributed by atoms with Gasteiger partial charge in [-0.1, -0.05) is 6.07 Å². The summed E-state index contributed by atoms with van der Waals surface area (Å²) in [7, 11) is -0.632. The number of rotatable bonds is 6. The van der Waals surface area contributed by atoms with Gasteiger partial charge in [-0.05, 0) is 24.6 Å². The third kappa shape index (κ3) is 3.95. The number of hydrogen-bond donors (Lipinski definition) is 2. The molecule has 0 saturated heterocycles. The van der Waals surface area contributed by atoms with Gasteiger partial charge in [-0.2, -0.15) is 0 Å². The Morgan fingerprint density at radius 1 is 1.33 bits per heavy atom. The van der Waals surface area contributed by atoms with Crippen LogP contribution in [0.3, 0.4) is 0 Å². The van der Waals surface area contributed by atoms with Gasteiger partial charge in [0.2, 0.25) is 10.0 Å². The molecule has 3 N–H and O–H groups in total. The molecule has 0 radical (unpaired) electrons. The quantitative estimate of drug-likeness (QED) is 0.744. The monoisotopic (exact) mass is 274 g/mol. The molecule has 1 rings (SSSR count). The molecule has 0 saturated carbocycles. The number of nitrogens with one attached hydrogen (secondary N) is 1. The molecule has 0 spiro atoms. The van der Waals surface area contributed by atoms with Crippen LogP contribution in [0.25, 0.3) is 0 Å². The molecule has 1 aromatic carbocycles. The van der Waals surface area contributed by atoms with Crippen molar-refractivity contribution in [3.8, 4) is 0 Å². The molecule has 0 aliphatic carbocycles. The minimum atomic E-state index is -3.69. The molecule has 0 bridgehead atoms. The number of methoxy groups -OCH3 is 2. The first kappa shape index (κ1) is 14.9. The Kier molecular flexibility index (Phi) is 5.09. The van der Waals surface area contributed by atoms with Crippen LogP contribution in [0, 0.1) is 6.92 Å². The number of primary sulfonamides is 1. The molecule has 0 amide bonds. The van der Waals surface area contributed by atoms with Crippen molar-refractivity contribution in [1.82, 2.24) is 0 Å². The maximum Gasteiger partial charge on any atom is 0.238 e. The maximum atomic E-state index is 11.2. The van der Waals surface area contributed by atoms with Crippen molar-refractivity contribution in [1.29, 1.82) is 0 Å². The number of sulfonamides is 1. The smallest absolute Gasteiger partial charge is 0.238 e. The Morgan fingerprint density at radius 2 is 1.94 bits per heavy atom. The van der Waals surface area contributed by atoms with Crippen LogP contribution >= 0.6 is 0 Å². The fraction of sp³-hybridized carbons (Fsp3) is 0.455.